The summed E-state index contributed by atoms with van der Waals surface area (Å²) < 4.78 is 4.35. The van der Waals surface area contributed by atoms with Gasteiger partial charge in [-0.25, -0.2) is 9.59 Å². The normalized spacial score (nSPS) is 14.3. The number of nitrogen functional groups attached to an aromatic ring is 1. The van der Waals surface area contributed by atoms with Crippen molar-refractivity contribution in [2.75, 3.05) is 5.73 Å². The summed E-state index contributed by atoms with van der Waals surface area (Å²) in [6.45, 7) is 0. The van der Waals surface area contributed by atoms with Crippen LogP contribution in [0.25, 0.3) is 0 Å². The average Bonchev–Trinajstić information content (AvgIpc) is 2.28. The van der Waals surface area contributed by atoms with Crippen LogP contribution in [0.5, 0.6) is 0 Å². The molecule has 12 heavy (non-hydrogen) atoms. The van der Waals surface area contributed by atoms with Crippen LogP contribution < -0.4 is 5.73 Å². The highest BCUT2D eigenvalue weighted by Crippen LogP contribution is 2.21. The van der Waals surface area contributed by atoms with E-state index in [-0.39, 0.29) is 11.1 Å². The van der Waals surface area contributed by atoms with Gasteiger partial charge in [-0.15, -0.1) is 0 Å². The predicted molar refractivity (Wildman–Crippen MR) is 40.6 cm³/mol. The lowest BCUT2D eigenvalue weighted by Crippen LogP contribution is -1.96. The molecule has 0 radical (unpaired) electrons. The third kappa shape index (κ3) is 0.780. The first-order chi connectivity index (χ1) is 5.68. The van der Waals surface area contributed by atoms with E-state index in [4.69, 9.17) is 5.73 Å². The molecule has 2 N–H and O–H groups in total. The molecule has 1 aliphatic rings. The molecule has 2 rings (SSSR count). The number of esters is 2. The first-order valence-corrected chi connectivity index (χ1v) is 3.34. The Labute approximate surface area is 67.9 Å². The summed E-state index contributed by atoms with van der Waals surface area (Å²) in [5.74, 6) is -1.22. The number of cyclic esters (lactones) is 2. The zero-order valence-corrected chi connectivity index (χ0v) is 6.03. The van der Waals surface area contributed by atoms with E-state index in [1.54, 1.807) is 6.07 Å². The van der Waals surface area contributed by atoms with Gasteiger partial charge in [-0.3, -0.25) is 0 Å². The predicted octanol–water partition coefficient (Wildman–Crippen LogP) is 0.579. The van der Waals surface area contributed by atoms with Crippen molar-refractivity contribution in [3.8, 4) is 0 Å². The molecule has 1 aromatic carbocycles. The minimum Gasteiger partial charge on any atom is -0.399 e. The fraction of sp³-hybridized carbons (Fsp3) is 0. The van der Waals surface area contributed by atoms with E-state index in [1.807, 2.05) is 0 Å². The van der Waals surface area contributed by atoms with E-state index in [0.717, 1.165) is 0 Å². The van der Waals surface area contributed by atoms with Gasteiger partial charge in [-0.05, 0) is 18.2 Å². The Hall–Kier alpha value is -1.84. The number of carbonyl (C=O) groups is 2. The van der Waals surface area contributed by atoms with E-state index in [1.165, 1.54) is 12.1 Å². The van der Waals surface area contributed by atoms with Gasteiger partial charge in [0.2, 0.25) is 0 Å². The van der Waals surface area contributed by atoms with Crippen molar-refractivity contribution >= 4 is 17.6 Å². The third-order valence-electron chi connectivity index (χ3n) is 1.67. The second kappa shape index (κ2) is 2.07. The van der Waals surface area contributed by atoms with Gasteiger partial charge in [0.25, 0.3) is 0 Å². The van der Waals surface area contributed by atoms with Crippen molar-refractivity contribution in [1.82, 2.24) is 0 Å². The van der Waals surface area contributed by atoms with Crippen LogP contribution in [0.3, 0.4) is 0 Å². The molecule has 0 unspecified atom stereocenters. The van der Waals surface area contributed by atoms with Crippen molar-refractivity contribution in [2.24, 2.45) is 0 Å². The van der Waals surface area contributed by atoms with Crippen molar-refractivity contribution in [1.29, 1.82) is 0 Å². The van der Waals surface area contributed by atoms with Crippen LogP contribution in [0.4, 0.5) is 5.69 Å². The molecule has 1 heterocycles. The smallest absolute Gasteiger partial charge is 0.346 e. The van der Waals surface area contributed by atoms with Crippen LogP contribution in [-0.4, -0.2) is 11.9 Å². The summed E-state index contributed by atoms with van der Waals surface area (Å²) in [6.07, 6.45) is 0. The van der Waals surface area contributed by atoms with Gasteiger partial charge in [0.05, 0.1) is 11.1 Å². The lowest BCUT2D eigenvalue weighted by Gasteiger charge is -1.92. The zero-order valence-electron chi connectivity index (χ0n) is 6.03. The zero-order chi connectivity index (χ0) is 8.72. The quantitative estimate of drug-likeness (QED) is 0.345. The first kappa shape index (κ1) is 6.84. The third-order valence-corrected chi connectivity index (χ3v) is 1.67. The minimum atomic E-state index is -0.623. The molecule has 0 saturated heterocycles. The topological polar surface area (TPSA) is 69.4 Å². The highest BCUT2D eigenvalue weighted by atomic mass is 16.6. The van der Waals surface area contributed by atoms with Gasteiger partial charge in [-0.2, -0.15) is 0 Å². The molecule has 1 aromatic rings. The Balaban J connectivity index is 2.68. The van der Waals surface area contributed by atoms with Gasteiger partial charge in [0, 0.05) is 5.69 Å². The number of carbonyl (C=O) groups excluding carboxylic acids is 2. The van der Waals surface area contributed by atoms with Crippen molar-refractivity contribution in [3.63, 3.8) is 0 Å². The first-order valence-electron chi connectivity index (χ1n) is 3.34. The number of ether oxygens (including phenoxy) is 1. The van der Waals surface area contributed by atoms with Crippen LogP contribution in [0.2, 0.25) is 0 Å². The van der Waals surface area contributed by atoms with Crippen molar-refractivity contribution in [3.05, 3.63) is 29.3 Å². The monoisotopic (exact) mass is 163 g/mol. The van der Waals surface area contributed by atoms with E-state index < -0.39 is 11.9 Å². The number of fused-ring (bicyclic) bond motifs is 1. The molecule has 60 valence electrons. The summed E-state index contributed by atoms with van der Waals surface area (Å²) in [4.78, 5) is 21.8. The molecule has 0 saturated carbocycles. The molecule has 4 nitrogen and oxygen atoms in total. The molecule has 4 heteroatoms. The maximum absolute atomic E-state index is 10.9. The highest BCUT2D eigenvalue weighted by molar-refractivity contribution is 6.15. The largest absolute Gasteiger partial charge is 0.399 e. The minimum absolute atomic E-state index is 0.250. The molecule has 0 aliphatic carbocycles. The number of rotatable bonds is 0. The second-order valence-electron chi connectivity index (χ2n) is 2.48. The van der Waals surface area contributed by atoms with E-state index in [9.17, 15) is 9.59 Å². The lowest BCUT2D eigenvalue weighted by molar-refractivity contribution is 0.0444. The van der Waals surface area contributed by atoms with Gasteiger partial charge in [0.15, 0.2) is 0 Å². The van der Waals surface area contributed by atoms with Gasteiger partial charge >= 0.3 is 11.9 Å². The average molecular weight is 163 g/mol. The van der Waals surface area contributed by atoms with Gasteiger partial charge < -0.3 is 10.5 Å². The van der Waals surface area contributed by atoms with Crippen LogP contribution in [-0.2, 0) is 4.74 Å². The molecule has 0 bridgehead atoms. The van der Waals surface area contributed by atoms with Crippen LogP contribution in [0.15, 0.2) is 18.2 Å². The molecule has 0 spiro atoms. The number of hydrogen-bond donors (Lipinski definition) is 1. The molecule has 0 amide bonds. The Bertz CT molecular complexity index is 384. The van der Waals surface area contributed by atoms with Crippen LogP contribution >= 0.6 is 0 Å². The summed E-state index contributed by atoms with van der Waals surface area (Å²) in [7, 11) is 0. The van der Waals surface area contributed by atoms with Crippen molar-refractivity contribution < 1.29 is 14.3 Å². The summed E-state index contributed by atoms with van der Waals surface area (Å²) >= 11 is 0. The Morgan fingerprint density at radius 1 is 1.08 bits per heavy atom. The second-order valence-corrected chi connectivity index (χ2v) is 2.48. The lowest BCUT2D eigenvalue weighted by atomic mass is 10.1. The molecule has 1 aliphatic heterocycles. The number of anilines is 1. The standard InChI is InChI=1S/C8H5NO3/c9-4-1-2-5-6(3-4)8(11)12-7(5)10/h1-3H,9H2. The summed E-state index contributed by atoms with van der Waals surface area (Å²) in [5, 5.41) is 0. The highest BCUT2D eigenvalue weighted by Gasteiger charge is 2.29. The molecular formula is C8H5NO3. The number of hydrogen-bond acceptors (Lipinski definition) is 4. The Morgan fingerprint density at radius 2 is 1.75 bits per heavy atom. The molecule has 0 aromatic heterocycles. The molecule has 0 atom stereocenters. The van der Waals surface area contributed by atoms with E-state index in [2.05, 4.69) is 4.74 Å². The maximum Gasteiger partial charge on any atom is 0.346 e. The Morgan fingerprint density at radius 3 is 2.50 bits per heavy atom. The SMILES string of the molecule is Nc1ccc2c(c1)C(=O)OC2=O. The maximum atomic E-state index is 10.9. The number of benzene rings is 1. The van der Waals surface area contributed by atoms with E-state index >= 15 is 0 Å². The van der Waals surface area contributed by atoms with Crippen LogP contribution in [0, 0.1) is 0 Å². The molecular weight excluding hydrogens is 158 g/mol. The Kier molecular flexibility index (Phi) is 1.18. The van der Waals surface area contributed by atoms with E-state index in [0.29, 0.717) is 5.69 Å². The fourth-order valence-electron chi connectivity index (χ4n) is 1.10. The van der Waals surface area contributed by atoms with Gasteiger partial charge in [-0.1, -0.05) is 0 Å². The summed E-state index contributed by atoms with van der Waals surface area (Å²) in [6, 6.07) is 4.47. The summed E-state index contributed by atoms with van der Waals surface area (Å²) in [5.41, 5.74) is 6.40. The number of nitrogens with two attached hydrogens (primary N) is 1. The molecule has 0 fully saturated rings. The van der Waals surface area contributed by atoms with Crippen LogP contribution in [0.1, 0.15) is 20.7 Å². The van der Waals surface area contributed by atoms with Gasteiger partial charge in [0.1, 0.15) is 0 Å². The fourth-order valence-corrected chi connectivity index (χ4v) is 1.10. The van der Waals surface area contributed by atoms with Crippen molar-refractivity contribution in [2.45, 2.75) is 0 Å².